The van der Waals surface area contributed by atoms with Crippen molar-refractivity contribution in [3.05, 3.63) is 105 Å². The summed E-state index contributed by atoms with van der Waals surface area (Å²) in [5.41, 5.74) is 1.79. The molecule has 200 valence electrons. The highest BCUT2D eigenvalue weighted by atomic mass is 35.5. The first-order valence-electron chi connectivity index (χ1n) is 12.1. The fourth-order valence-electron chi connectivity index (χ4n) is 5.75. The lowest BCUT2D eigenvalue weighted by molar-refractivity contribution is 0.0632. The smallest absolute Gasteiger partial charge is 0.243 e. The number of benzene rings is 2. The highest BCUT2D eigenvalue weighted by Crippen LogP contribution is 2.56. The highest BCUT2D eigenvalue weighted by Gasteiger charge is 2.58. The number of aromatic nitrogens is 4. The van der Waals surface area contributed by atoms with Crippen LogP contribution in [0.25, 0.3) is 6.08 Å². The molecule has 0 amide bonds. The third kappa shape index (κ3) is 4.13. The molecule has 0 saturated carbocycles. The number of sulfonamides is 1. The molecule has 8 nitrogen and oxygen atoms in total. The van der Waals surface area contributed by atoms with Gasteiger partial charge < -0.3 is 0 Å². The minimum atomic E-state index is -4.20. The van der Waals surface area contributed by atoms with Gasteiger partial charge in [0, 0.05) is 19.8 Å². The minimum absolute atomic E-state index is 0.0553. The van der Waals surface area contributed by atoms with E-state index in [0.29, 0.717) is 17.5 Å². The molecule has 6 rings (SSSR count). The maximum atomic E-state index is 14.6. The van der Waals surface area contributed by atoms with Gasteiger partial charge in [0.2, 0.25) is 10.0 Å². The number of carbonyl (C=O) groups excluding carboxylic acids is 1. The number of aromatic amines is 1. The number of aryl methyl sites for hydroxylation is 1. The molecule has 1 aliphatic heterocycles. The van der Waals surface area contributed by atoms with E-state index in [1.54, 1.807) is 19.4 Å². The van der Waals surface area contributed by atoms with Gasteiger partial charge in [-0.2, -0.15) is 14.5 Å². The summed E-state index contributed by atoms with van der Waals surface area (Å²) in [6.07, 6.45) is 7.12. The third-order valence-corrected chi connectivity index (χ3v) is 10.1. The number of Topliss-reactive ketones (excluding diaryl/α,β-unsaturated/α-hetero) is 1. The van der Waals surface area contributed by atoms with Crippen LogP contribution in [0.4, 0.5) is 4.39 Å². The predicted octanol–water partition coefficient (Wildman–Crippen LogP) is 5.23. The summed E-state index contributed by atoms with van der Waals surface area (Å²) >= 11 is 12.3. The number of H-pyrrole nitrogens is 1. The summed E-state index contributed by atoms with van der Waals surface area (Å²) in [7, 11) is -2.49. The Labute approximate surface area is 234 Å². The molecule has 3 heterocycles. The zero-order chi connectivity index (χ0) is 27.5. The van der Waals surface area contributed by atoms with Crippen LogP contribution in [0, 0.1) is 11.2 Å². The Balaban J connectivity index is 1.62. The van der Waals surface area contributed by atoms with Gasteiger partial charge in [-0.3, -0.25) is 14.6 Å². The molecule has 39 heavy (non-hydrogen) atoms. The van der Waals surface area contributed by atoms with Crippen LogP contribution in [0.5, 0.6) is 0 Å². The van der Waals surface area contributed by atoms with Gasteiger partial charge in [-0.05, 0) is 60.4 Å². The van der Waals surface area contributed by atoms with Gasteiger partial charge in [-0.25, -0.2) is 12.8 Å². The van der Waals surface area contributed by atoms with Crippen molar-refractivity contribution in [2.24, 2.45) is 12.5 Å². The summed E-state index contributed by atoms with van der Waals surface area (Å²) in [5.74, 6) is -0.755. The fraction of sp³-hybridized carbons (Fsp3) is 0.222. The van der Waals surface area contributed by atoms with Crippen LogP contribution in [0.3, 0.4) is 0 Å². The first-order valence-corrected chi connectivity index (χ1v) is 14.3. The fourth-order valence-corrected chi connectivity index (χ4v) is 7.80. The lowest BCUT2D eigenvalue weighted by Crippen LogP contribution is -2.55. The molecule has 1 saturated heterocycles. The van der Waals surface area contributed by atoms with Crippen LogP contribution in [0.1, 0.15) is 39.6 Å². The number of nitrogens with one attached hydrogen (secondary N) is 1. The van der Waals surface area contributed by atoms with Gasteiger partial charge in [-0.1, -0.05) is 40.9 Å². The number of piperidine rings is 1. The van der Waals surface area contributed by atoms with Crippen molar-refractivity contribution in [3.8, 4) is 0 Å². The van der Waals surface area contributed by atoms with E-state index in [9.17, 15) is 17.6 Å². The molecule has 4 aromatic rings. The van der Waals surface area contributed by atoms with Crippen LogP contribution in [-0.4, -0.2) is 45.0 Å². The van der Waals surface area contributed by atoms with Crippen LogP contribution in [0.15, 0.2) is 71.5 Å². The monoisotopic (exact) mass is 585 g/mol. The second kappa shape index (κ2) is 9.41. The Kier molecular flexibility index (Phi) is 6.26. The lowest BCUT2D eigenvalue weighted by Gasteiger charge is -2.51. The Hall–Kier alpha value is -3.31. The first kappa shape index (κ1) is 25.9. The van der Waals surface area contributed by atoms with Crippen molar-refractivity contribution >= 4 is 45.1 Å². The van der Waals surface area contributed by atoms with Crippen LogP contribution in [-0.2, 0) is 23.5 Å². The molecule has 2 aromatic carbocycles. The van der Waals surface area contributed by atoms with E-state index >= 15 is 0 Å². The number of hydrogen-bond acceptors (Lipinski definition) is 5. The second-order valence-electron chi connectivity index (χ2n) is 9.75. The van der Waals surface area contributed by atoms with Crippen molar-refractivity contribution in [1.29, 1.82) is 0 Å². The summed E-state index contributed by atoms with van der Waals surface area (Å²) < 4.78 is 45.5. The minimum Gasteiger partial charge on any atom is -0.293 e. The summed E-state index contributed by atoms with van der Waals surface area (Å²) in [6, 6.07) is 8.71. The van der Waals surface area contributed by atoms with Crippen molar-refractivity contribution in [2.45, 2.75) is 23.8 Å². The molecular weight excluding hydrogens is 564 g/mol. The summed E-state index contributed by atoms with van der Waals surface area (Å²) in [5, 5.41) is 11.6. The molecule has 0 spiro atoms. The number of ketones is 1. The van der Waals surface area contributed by atoms with E-state index in [2.05, 4.69) is 15.3 Å². The van der Waals surface area contributed by atoms with E-state index in [4.69, 9.17) is 23.2 Å². The molecule has 2 aromatic heterocycles. The van der Waals surface area contributed by atoms with Gasteiger partial charge in [0.05, 0.1) is 50.0 Å². The number of halogens is 3. The molecule has 0 radical (unpaired) electrons. The SMILES string of the molecule is Cn1cc(C(=O)C23Cc4cn[nH]c4C=C2CCN(S(=O)(=O)c2ccc(Cl)c(Cl)c2)C3c2ccc(F)cc2)cn1. The van der Waals surface area contributed by atoms with Gasteiger partial charge in [0.1, 0.15) is 5.82 Å². The Morgan fingerprint density at radius 2 is 1.90 bits per heavy atom. The highest BCUT2D eigenvalue weighted by molar-refractivity contribution is 7.89. The van der Waals surface area contributed by atoms with E-state index in [1.807, 2.05) is 6.08 Å². The number of nitrogens with zero attached hydrogens (tertiary/aromatic N) is 4. The molecule has 2 unspecified atom stereocenters. The molecule has 2 atom stereocenters. The van der Waals surface area contributed by atoms with E-state index in [-0.39, 0.29) is 33.7 Å². The number of carbonyl (C=O) groups is 1. The average Bonchev–Trinajstić information content (AvgIpc) is 3.56. The third-order valence-electron chi connectivity index (χ3n) is 7.52. The normalized spacial score (nSPS) is 21.2. The molecule has 1 aliphatic carbocycles. The van der Waals surface area contributed by atoms with E-state index in [0.717, 1.165) is 16.8 Å². The van der Waals surface area contributed by atoms with Gasteiger partial charge in [0.25, 0.3) is 0 Å². The lowest BCUT2D eigenvalue weighted by atomic mass is 9.59. The number of fused-ring (bicyclic) bond motifs is 2. The van der Waals surface area contributed by atoms with Crippen molar-refractivity contribution < 1.29 is 17.6 Å². The largest absolute Gasteiger partial charge is 0.293 e. The molecular formula is C27H22Cl2FN5O3S. The summed E-state index contributed by atoms with van der Waals surface area (Å²) in [4.78, 5) is 14.5. The standard InChI is InChI=1S/C27H22Cl2FN5O3S/c1-34-15-18(14-32-34)26(36)27-12-17-13-31-33-24(17)10-19(27)8-9-35(25(27)16-2-4-20(30)5-3-16)39(37,38)21-6-7-22(28)23(29)11-21/h2-7,10-11,13-15,25H,8-9,12H2,1H3,(H,31,33). The maximum absolute atomic E-state index is 14.6. The van der Waals surface area contributed by atoms with Crippen molar-refractivity contribution in [3.63, 3.8) is 0 Å². The Bertz CT molecular complexity index is 1750. The van der Waals surface area contributed by atoms with Crippen LogP contribution >= 0.6 is 23.2 Å². The second-order valence-corrected chi connectivity index (χ2v) is 12.5. The zero-order valence-electron chi connectivity index (χ0n) is 20.6. The molecule has 1 N–H and O–H groups in total. The Morgan fingerprint density at radius 3 is 2.59 bits per heavy atom. The van der Waals surface area contributed by atoms with Crippen molar-refractivity contribution in [1.82, 2.24) is 24.3 Å². The predicted molar refractivity (Wildman–Crippen MR) is 144 cm³/mol. The van der Waals surface area contributed by atoms with Crippen molar-refractivity contribution in [2.75, 3.05) is 6.54 Å². The Morgan fingerprint density at radius 1 is 1.13 bits per heavy atom. The molecule has 0 bridgehead atoms. The first-order chi connectivity index (χ1) is 18.6. The van der Waals surface area contributed by atoms with Gasteiger partial charge >= 0.3 is 0 Å². The number of rotatable bonds is 5. The molecule has 2 aliphatic rings. The number of hydrogen-bond donors (Lipinski definition) is 1. The van der Waals surface area contributed by atoms with Gasteiger partial charge in [-0.15, -0.1) is 0 Å². The van der Waals surface area contributed by atoms with E-state index in [1.165, 1.54) is 57.6 Å². The zero-order valence-corrected chi connectivity index (χ0v) is 22.9. The molecule has 1 fully saturated rings. The van der Waals surface area contributed by atoms with E-state index < -0.39 is 27.3 Å². The summed E-state index contributed by atoms with van der Waals surface area (Å²) in [6.45, 7) is 0.0853. The average molecular weight is 586 g/mol. The molecule has 12 heteroatoms. The topological polar surface area (TPSA) is 101 Å². The van der Waals surface area contributed by atoms with Crippen LogP contribution in [0.2, 0.25) is 10.0 Å². The maximum Gasteiger partial charge on any atom is 0.243 e. The van der Waals surface area contributed by atoms with Gasteiger partial charge in [0.15, 0.2) is 5.78 Å². The van der Waals surface area contributed by atoms with Crippen LogP contribution < -0.4 is 0 Å². The quantitative estimate of drug-likeness (QED) is 0.323.